The van der Waals surface area contributed by atoms with Crippen molar-refractivity contribution in [3.8, 4) is 10.6 Å². The summed E-state index contributed by atoms with van der Waals surface area (Å²) in [7, 11) is 0. The van der Waals surface area contributed by atoms with Crippen LogP contribution >= 0.6 is 22.9 Å². The van der Waals surface area contributed by atoms with Crippen molar-refractivity contribution in [1.82, 2.24) is 15.2 Å². The summed E-state index contributed by atoms with van der Waals surface area (Å²) in [5.74, 6) is 0.0482. The van der Waals surface area contributed by atoms with E-state index in [2.05, 4.69) is 22.1 Å². The first-order valence-electron chi connectivity index (χ1n) is 9.87. The summed E-state index contributed by atoms with van der Waals surface area (Å²) in [5, 5.41) is 6.63. The molecule has 1 aliphatic heterocycles. The number of rotatable bonds is 8. The highest BCUT2D eigenvalue weighted by molar-refractivity contribution is 7.13. The lowest BCUT2D eigenvalue weighted by atomic mass is 10.0. The number of benzene rings is 1. The van der Waals surface area contributed by atoms with Gasteiger partial charge in [0.1, 0.15) is 5.01 Å². The molecule has 1 aliphatic rings. The third-order valence-electron chi connectivity index (χ3n) is 5.08. The van der Waals surface area contributed by atoms with Crippen molar-refractivity contribution in [2.45, 2.75) is 51.5 Å². The number of piperidine rings is 1. The first-order chi connectivity index (χ1) is 13.2. The Bertz CT molecular complexity index is 749. The van der Waals surface area contributed by atoms with Crippen LogP contribution in [0.1, 0.15) is 44.7 Å². The van der Waals surface area contributed by atoms with Gasteiger partial charge in [-0.05, 0) is 38.4 Å². The molecular formula is C21H28ClN3OS. The van der Waals surface area contributed by atoms with Crippen LogP contribution in [0.4, 0.5) is 0 Å². The molecule has 1 aromatic carbocycles. The van der Waals surface area contributed by atoms with Gasteiger partial charge in [-0.15, -0.1) is 11.3 Å². The van der Waals surface area contributed by atoms with Gasteiger partial charge in [-0.25, -0.2) is 4.98 Å². The lowest BCUT2D eigenvalue weighted by molar-refractivity contribution is -0.120. The number of carbonyl (C=O) groups is 1. The number of aromatic nitrogens is 1. The highest BCUT2D eigenvalue weighted by Gasteiger charge is 2.22. The predicted octanol–water partition coefficient (Wildman–Crippen LogP) is 4.78. The van der Waals surface area contributed by atoms with E-state index >= 15 is 0 Å². The molecule has 6 heteroatoms. The minimum Gasteiger partial charge on any atom is -0.354 e. The molecule has 2 aromatic rings. The number of hydrogen-bond acceptors (Lipinski definition) is 4. The van der Waals surface area contributed by atoms with E-state index in [0.717, 1.165) is 35.9 Å². The molecule has 2 heterocycles. The van der Waals surface area contributed by atoms with E-state index in [4.69, 9.17) is 11.6 Å². The number of likely N-dealkylation sites (tertiary alicyclic amines) is 1. The molecule has 1 amide bonds. The number of carbonyl (C=O) groups excluding carboxylic acids is 1. The summed E-state index contributed by atoms with van der Waals surface area (Å²) in [6.07, 6.45) is 6.48. The van der Waals surface area contributed by atoms with Gasteiger partial charge in [0.15, 0.2) is 0 Å². The van der Waals surface area contributed by atoms with Crippen molar-refractivity contribution in [1.29, 1.82) is 0 Å². The predicted molar refractivity (Wildman–Crippen MR) is 113 cm³/mol. The van der Waals surface area contributed by atoms with E-state index in [-0.39, 0.29) is 5.91 Å². The second-order valence-electron chi connectivity index (χ2n) is 7.14. The molecule has 0 bridgehead atoms. The standard InChI is InChI=1S/C21H28ClN3OS/c1-2-3-11-25-12-7-6-8-17(25)14-23-20(26)13-16-15-27-21(24-16)18-9-4-5-10-19(18)22/h4-5,9-10,15,17H,2-3,6-8,11-14H2,1H3,(H,23,26). The van der Waals surface area contributed by atoms with E-state index in [1.807, 2.05) is 29.6 Å². The molecule has 1 atom stereocenters. The molecule has 1 aromatic heterocycles. The van der Waals surface area contributed by atoms with Gasteiger partial charge in [0.05, 0.1) is 17.1 Å². The number of unbranched alkanes of at least 4 members (excludes halogenated alkanes) is 1. The molecule has 27 heavy (non-hydrogen) atoms. The fraction of sp³-hybridized carbons (Fsp3) is 0.524. The van der Waals surface area contributed by atoms with E-state index in [9.17, 15) is 4.79 Å². The Labute approximate surface area is 170 Å². The van der Waals surface area contributed by atoms with Crippen LogP contribution < -0.4 is 5.32 Å². The van der Waals surface area contributed by atoms with Crippen LogP contribution in [0.15, 0.2) is 29.6 Å². The molecule has 1 N–H and O–H groups in total. The Hall–Kier alpha value is -1.43. The number of hydrogen-bond donors (Lipinski definition) is 1. The van der Waals surface area contributed by atoms with Crippen LogP contribution in [0.3, 0.4) is 0 Å². The normalized spacial score (nSPS) is 17.8. The van der Waals surface area contributed by atoms with Crippen molar-refractivity contribution in [2.24, 2.45) is 0 Å². The number of halogens is 1. The average molecular weight is 406 g/mol. The molecular weight excluding hydrogens is 378 g/mol. The minimum absolute atomic E-state index is 0.0482. The summed E-state index contributed by atoms with van der Waals surface area (Å²) in [6.45, 7) is 5.27. The first kappa shape index (κ1) is 20.3. The van der Waals surface area contributed by atoms with Crippen LogP contribution in [-0.4, -0.2) is 41.5 Å². The van der Waals surface area contributed by atoms with Crippen molar-refractivity contribution < 1.29 is 4.79 Å². The van der Waals surface area contributed by atoms with E-state index < -0.39 is 0 Å². The monoisotopic (exact) mass is 405 g/mol. The summed E-state index contributed by atoms with van der Waals surface area (Å²) in [4.78, 5) is 19.5. The van der Waals surface area contributed by atoms with Crippen LogP contribution in [-0.2, 0) is 11.2 Å². The minimum atomic E-state index is 0.0482. The van der Waals surface area contributed by atoms with Crippen LogP contribution in [0.2, 0.25) is 5.02 Å². The topological polar surface area (TPSA) is 45.2 Å². The lowest BCUT2D eigenvalue weighted by Crippen LogP contribution is -2.47. The maximum atomic E-state index is 12.4. The van der Waals surface area contributed by atoms with Crippen LogP contribution in [0.5, 0.6) is 0 Å². The number of amides is 1. The summed E-state index contributed by atoms with van der Waals surface area (Å²) < 4.78 is 0. The van der Waals surface area contributed by atoms with Gasteiger partial charge < -0.3 is 5.32 Å². The van der Waals surface area contributed by atoms with Gasteiger partial charge in [-0.1, -0.05) is 49.6 Å². The molecule has 0 aliphatic carbocycles. The number of nitrogens with zero attached hydrogens (tertiary/aromatic N) is 2. The highest BCUT2D eigenvalue weighted by Crippen LogP contribution is 2.30. The summed E-state index contributed by atoms with van der Waals surface area (Å²) >= 11 is 7.77. The Morgan fingerprint density at radius 3 is 3.04 bits per heavy atom. The van der Waals surface area contributed by atoms with Gasteiger partial charge in [0.2, 0.25) is 5.91 Å². The molecule has 0 saturated carbocycles. The molecule has 1 fully saturated rings. The quantitative estimate of drug-likeness (QED) is 0.687. The fourth-order valence-electron chi connectivity index (χ4n) is 3.55. The van der Waals surface area contributed by atoms with E-state index in [0.29, 0.717) is 17.5 Å². The second kappa shape index (κ2) is 10.2. The Kier molecular flexibility index (Phi) is 7.68. The zero-order valence-corrected chi connectivity index (χ0v) is 17.5. The maximum absolute atomic E-state index is 12.4. The first-order valence-corrected chi connectivity index (χ1v) is 11.1. The summed E-state index contributed by atoms with van der Waals surface area (Å²) in [5.41, 5.74) is 1.73. The highest BCUT2D eigenvalue weighted by atomic mass is 35.5. The Balaban J connectivity index is 1.51. The number of nitrogens with one attached hydrogen (secondary N) is 1. The molecule has 0 spiro atoms. The van der Waals surface area contributed by atoms with Crippen molar-refractivity contribution >= 4 is 28.8 Å². The van der Waals surface area contributed by atoms with Gasteiger partial charge >= 0.3 is 0 Å². The van der Waals surface area contributed by atoms with Crippen molar-refractivity contribution in [2.75, 3.05) is 19.6 Å². The maximum Gasteiger partial charge on any atom is 0.226 e. The molecule has 1 saturated heterocycles. The van der Waals surface area contributed by atoms with Gasteiger partial charge in [-0.3, -0.25) is 9.69 Å². The van der Waals surface area contributed by atoms with E-state index in [1.165, 1.54) is 43.4 Å². The van der Waals surface area contributed by atoms with Gasteiger partial charge in [0, 0.05) is 23.5 Å². The van der Waals surface area contributed by atoms with Gasteiger partial charge in [0.25, 0.3) is 0 Å². The molecule has 4 nitrogen and oxygen atoms in total. The average Bonchev–Trinajstić information content (AvgIpc) is 3.14. The SMILES string of the molecule is CCCCN1CCCCC1CNC(=O)Cc1csc(-c2ccccc2Cl)n1. The third-order valence-corrected chi connectivity index (χ3v) is 6.33. The van der Waals surface area contributed by atoms with Crippen LogP contribution in [0, 0.1) is 0 Å². The van der Waals surface area contributed by atoms with Crippen molar-refractivity contribution in [3.05, 3.63) is 40.4 Å². The molecule has 146 valence electrons. The molecule has 3 rings (SSSR count). The third kappa shape index (κ3) is 5.77. The Morgan fingerprint density at radius 2 is 2.22 bits per heavy atom. The lowest BCUT2D eigenvalue weighted by Gasteiger charge is -2.35. The summed E-state index contributed by atoms with van der Waals surface area (Å²) in [6, 6.07) is 8.15. The molecule has 0 radical (unpaired) electrons. The fourth-order valence-corrected chi connectivity index (χ4v) is 4.69. The van der Waals surface area contributed by atoms with Crippen molar-refractivity contribution in [3.63, 3.8) is 0 Å². The largest absolute Gasteiger partial charge is 0.354 e. The van der Waals surface area contributed by atoms with E-state index in [1.54, 1.807) is 0 Å². The Morgan fingerprint density at radius 1 is 1.37 bits per heavy atom. The zero-order valence-electron chi connectivity index (χ0n) is 15.9. The van der Waals surface area contributed by atoms with Crippen LogP contribution in [0.25, 0.3) is 10.6 Å². The number of thiazole rings is 1. The smallest absolute Gasteiger partial charge is 0.226 e. The second-order valence-corrected chi connectivity index (χ2v) is 8.41. The molecule has 1 unspecified atom stereocenters. The zero-order chi connectivity index (χ0) is 19.1. The van der Waals surface area contributed by atoms with Gasteiger partial charge in [-0.2, -0.15) is 0 Å².